The molecule has 0 aliphatic carbocycles. The van der Waals surface area contributed by atoms with Crippen molar-refractivity contribution in [2.24, 2.45) is 0 Å². The van der Waals surface area contributed by atoms with Crippen LogP contribution in [0.3, 0.4) is 0 Å². The molecule has 0 saturated heterocycles. The van der Waals surface area contributed by atoms with Gasteiger partial charge < -0.3 is 14.5 Å². The first-order valence-corrected chi connectivity index (χ1v) is 9.82. The molecule has 3 aromatic rings. The third-order valence-corrected chi connectivity index (χ3v) is 4.50. The van der Waals surface area contributed by atoms with E-state index < -0.39 is 11.9 Å². The van der Waals surface area contributed by atoms with E-state index in [-0.39, 0.29) is 18.4 Å². The molecular weight excluding hydrogens is 406 g/mol. The van der Waals surface area contributed by atoms with Crippen LogP contribution in [0, 0.1) is 0 Å². The van der Waals surface area contributed by atoms with Crippen molar-refractivity contribution in [3.63, 3.8) is 0 Å². The first kappa shape index (κ1) is 21.3. The number of furan rings is 1. The van der Waals surface area contributed by atoms with Gasteiger partial charge >= 0.3 is 11.9 Å². The van der Waals surface area contributed by atoms with Gasteiger partial charge in [0.1, 0.15) is 18.1 Å². The van der Waals surface area contributed by atoms with Crippen molar-refractivity contribution in [3.05, 3.63) is 88.8 Å². The standard InChI is InChI=1S/C22H22ClN3O4/c1-2-19(15-7-6-8-16(23)13-15)24-22(28)26-25-21(27)20-12-11-18(30-20)14-29-17-9-4-3-5-10-17/h3-13,19H,2,14H2,1H3,(H,25,27)(H2,24,26,28). The van der Waals surface area contributed by atoms with Crippen LogP contribution in [0.2, 0.25) is 5.02 Å². The largest absolute Gasteiger partial charge is 0.486 e. The minimum Gasteiger partial charge on any atom is -0.486 e. The fourth-order valence-electron chi connectivity index (χ4n) is 2.76. The second-order valence-electron chi connectivity index (χ2n) is 6.44. The first-order valence-electron chi connectivity index (χ1n) is 9.44. The summed E-state index contributed by atoms with van der Waals surface area (Å²) in [5.41, 5.74) is 5.52. The van der Waals surface area contributed by atoms with Crippen molar-refractivity contribution >= 4 is 23.5 Å². The number of para-hydroxylation sites is 1. The molecule has 1 heterocycles. The van der Waals surface area contributed by atoms with Gasteiger partial charge in [-0.1, -0.05) is 48.9 Å². The van der Waals surface area contributed by atoms with Gasteiger partial charge in [0.2, 0.25) is 0 Å². The highest BCUT2D eigenvalue weighted by Gasteiger charge is 2.15. The molecule has 2 aromatic carbocycles. The third kappa shape index (κ3) is 6.02. The molecule has 0 saturated carbocycles. The zero-order chi connectivity index (χ0) is 21.3. The molecule has 8 heteroatoms. The summed E-state index contributed by atoms with van der Waals surface area (Å²) in [4.78, 5) is 24.4. The average Bonchev–Trinajstić information content (AvgIpc) is 3.24. The summed E-state index contributed by atoms with van der Waals surface area (Å²) in [6.45, 7) is 2.12. The Hall–Kier alpha value is -3.45. The number of hydrogen-bond acceptors (Lipinski definition) is 4. The van der Waals surface area contributed by atoms with E-state index >= 15 is 0 Å². The van der Waals surface area contributed by atoms with Gasteiger partial charge in [0.15, 0.2) is 5.76 Å². The number of ether oxygens (including phenoxy) is 1. The molecule has 0 aliphatic heterocycles. The Balaban J connectivity index is 1.47. The molecule has 3 rings (SSSR count). The Morgan fingerprint density at radius 2 is 1.83 bits per heavy atom. The number of hydrazine groups is 1. The van der Waals surface area contributed by atoms with Crippen LogP contribution in [0.1, 0.15) is 41.3 Å². The Kier molecular flexibility index (Phi) is 7.34. The average molecular weight is 428 g/mol. The maximum absolute atomic E-state index is 12.2. The highest BCUT2D eigenvalue weighted by molar-refractivity contribution is 6.30. The molecule has 0 radical (unpaired) electrons. The van der Waals surface area contributed by atoms with Crippen LogP contribution >= 0.6 is 11.6 Å². The number of hydrogen-bond donors (Lipinski definition) is 3. The summed E-state index contributed by atoms with van der Waals surface area (Å²) in [6.07, 6.45) is 0.657. The normalized spacial score (nSPS) is 11.4. The SMILES string of the molecule is CCC(NC(=O)NNC(=O)c1ccc(COc2ccccc2)o1)c1cccc(Cl)c1. The second-order valence-corrected chi connectivity index (χ2v) is 6.87. The number of nitrogens with one attached hydrogen (secondary N) is 3. The van der Waals surface area contributed by atoms with Crippen LogP contribution in [0.5, 0.6) is 5.75 Å². The molecule has 0 fully saturated rings. The van der Waals surface area contributed by atoms with Crippen LogP contribution in [0.25, 0.3) is 0 Å². The molecule has 0 bridgehead atoms. The smallest absolute Gasteiger partial charge is 0.333 e. The third-order valence-electron chi connectivity index (χ3n) is 4.26. The maximum Gasteiger partial charge on any atom is 0.333 e. The molecule has 156 valence electrons. The van der Waals surface area contributed by atoms with Gasteiger partial charge in [-0.3, -0.25) is 10.2 Å². The fourth-order valence-corrected chi connectivity index (χ4v) is 2.96. The quantitative estimate of drug-likeness (QED) is 0.480. The van der Waals surface area contributed by atoms with E-state index in [9.17, 15) is 9.59 Å². The van der Waals surface area contributed by atoms with E-state index in [4.69, 9.17) is 20.8 Å². The monoisotopic (exact) mass is 427 g/mol. The molecular formula is C22H22ClN3O4. The van der Waals surface area contributed by atoms with E-state index in [0.717, 1.165) is 5.56 Å². The topological polar surface area (TPSA) is 92.6 Å². The number of rotatable bonds is 7. The van der Waals surface area contributed by atoms with E-state index in [0.29, 0.717) is 23.0 Å². The van der Waals surface area contributed by atoms with Gasteiger partial charge in [-0.25, -0.2) is 10.2 Å². The van der Waals surface area contributed by atoms with Gasteiger partial charge in [0.05, 0.1) is 6.04 Å². The van der Waals surface area contributed by atoms with Crippen molar-refractivity contribution in [1.82, 2.24) is 16.2 Å². The molecule has 1 unspecified atom stereocenters. The van der Waals surface area contributed by atoms with Gasteiger partial charge in [0.25, 0.3) is 0 Å². The molecule has 1 atom stereocenters. The van der Waals surface area contributed by atoms with E-state index in [1.54, 1.807) is 18.2 Å². The molecule has 1 aromatic heterocycles. The van der Waals surface area contributed by atoms with Crippen LogP contribution in [0.4, 0.5) is 4.79 Å². The molecule has 0 aliphatic rings. The van der Waals surface area contributed by atoms with Gasteiger partial charge in [-0.05, 0) is 48.4 Å². The van der Waals surface area contributed by atoms with Crippen molar-refractivity contribution in [1.29, 1.82) is 0 Å². The number of halogens is 1. The fraction of sp³-hybridized carbons (Fsp3) is 0.182. The maximum atomic E-state index is 12.2. The zero-order valence-corrected chi connectivity index (χ0v) is 17.1. The Bertz CT molecular complexity index is 991. The van der Waals surface area contributed by atoms with Crippen molar-refractivity contribution in [2.75, 3.05) is 0 Å². The van der Waals surface area contributed by atoms with E-state index in [1.165, 1.54) is 6.07 Å². The highest BCUT2D eigenvalue weighted by atomic mass is 35.5. The summed E-state index contributed by atoms with van der Waals surface area (Å²) in [5.74, 6) is 0.666. The second kappa shape index (κ2) is 10.4. The minimum absolute atomic E-state index is 0.0591. The number of carbonyl (C=O) groups is 2. The van der Waals surface area contributed by atoms with Crippen molar-refractivity contribution < 1.29 is 18.7 Å². The number of benzene rings is 2. The summed E-state index contributed by atoms with van der Waals surface area (Å²) in [7, 11) is 0. The lowest BCUT2D eigenvalue weighted by Crippen LogP contribution is -2.47. The number of carbonyl (C=O) groups excluding carboxylic acids is 2. The summed E-state index contributed by atoms with van der Waals surface area (Å²) >= 11 is 6.01. The Morgan fingerprint density at radius 3 is 2.57 bits per heavy atom. The zero-order valence-electron chi connectivity index (χ0n) is 16.4. The lowest BCUT2D eigenvalue weighted by Gasteiger charge is -2.18. The van der Waals surface area contributed by atoms with Gasteiger partial charge in [-0.15, -0.1) is 0 Å². The molecule has 7 nitrogen and oxygen atoms in total. The van der Waals surface area contributed by atoms with Gasteiger partial charge in [-0.2, -0.15) is 0 Å². The highest BCUT2D eigenvalue weighted by Crippen LogP contribution is 2.20. The summed E-state index contributed by atoms with van der Waals surface area (Å²) in [5, 5.41) is 3.38. The van der Waals surface area contributed by atoms with Crippen LogP contribution in [0.15, 0.2) is 71.1 Å². The molecule has 3 amide bonds. The molecule has 30 heavy (non-hydrogen) atoms. The van der Waals surface area contributed by atoms with Crippen LogP contribution in [-0.2, 0) is 6.61 Å². The van der Waals surface area contributed by atoms with Gasteiger partial charge in [0, 0.05) is 5.02 Å². The lowest BCUT2D eigenvalue weighted by molar-refractivity contribution is 0.0904. The predicted octanol–water partition coefficient (Wildman–Crippen LogP) is 4.61. The van der Waals surface area contributed by atoms with Crippen LogP contribution in [-0.4, -0.2) is 11.9 Å². The lowest BCUT2D eigenvalue weighted by atomic mass is 10.1. The Labute approximate surface area is 179 Å². The van der Waals surface area contributed by atoms with E-state index in [2.05, 4.69) is 16.2 Å². The predicted molar refractivity (Wildman–Crippen MR) is 113 cm³/mol. The number of amides is 3. The number of urea groups is 1. The molecule has 3 N–H and O–H groups in total. The molecule has 0 spiro atoms. The van der Waals surface area contributed by atoms with Crippen molar-refractivity contribution in [2.45, 2.75) is 26.0 Å². The first-order chi connectivity index (χ1) is 14.5. The summed E-state index contributed by atoms with van der Waals surface area (Å²) < 4.78 is 11.0. The minimum atomic E-state index is -0.577. The van der Waals surface area contributed by atoms with Crippen molar-refractivity contribution in [3.8, 4) is 5.75 Å². The van der Waals surface area contributed by atoms with Crippen LogP contribution < -0.4 is 20.9 Å². The Morgan fingerprint density at radius 1 is 1.03 bits per heavy atom. The summed E-state index contributed by atoms with van der Waals surface area (Å²) in [6, 6.07) is 18.9. The van der Waals surface area contributed by atoms with E-state index in [1.807, 2.05) is 49.4 Å².